The highest BCUT2D eigenvalue weighted by Gasteiger charge is 2.12. The Bertz CT molecular complexity index is 1470. The summed E-state index contributed by atoms with van der Waals surface area (Å²) >= 11 is 0. The van der Waals surface area contributed by atoms with Gasteiger partial charge in [-0.25, -0.2) is 19.2 Å². The highest BCUT2D eigenvalue weighted by atomic mass is 16.7. The van der Waals surface area contributed by atoms with E-state index in [2.05, 4.69) is 19.7 Å². The lowest BCUT2D eigenvalue weighted by Gasteiger charge is -2.14. The molecule has 0 saturated heterocycles. The van der Waals surface area contributed by atoms with Gasteiger partial charge in [-0.05, 0) is 53.1 Å². The third-order valence-corrected chi connectivity index (χ3v) is 5.70. The Labute approximate surface area is 253 Å². The van der Waals surface area contributed by atoms with Gasteiger partial charge in [0.05, 0.1) is 12.2 Å². The molecule has 0 aliphatic rings. The SMILES string of the molecule is C=CC(=O)OCOc1ccc(-c2ccc(C(=O)OCCc3ccc(OCOC(=O)C=C)c(OCOC(=O)C=C)c3)cc2)cc1. The summed E-state index contributed by atoms with van der Waals surface area (Å²) in [4.78, 5) is 46.3. The van der Waals surface area contributed by atoms with Crippen molar-refractivity contribution in [3.8, 4) is 28.4 Å². The van der Waals surface area contributed by atoms with E-state index >= 15 is 0 Å². The third-order valence-electron chi connectivity index (χ3n) is 5.70. The third kappa shape index (κ3) is 10.5. The van der Waals surface area contributed by atoms with Crippen LogP contribution < -0.4 is 14.2 Å². The highest BCUT2D eigenvalue weighted by Crippen LogP contribution is 2.29. The van der Waals surface area contributed by atoms with Gasteiger partial charge in [-0.2, -0.15) is 0 Å². The molecule has 0 radical (unpaired) electrons. The van der Waals surface area contributed by atoms with Gasteiger partial charge < -0.3 is 33.2 Å². The molecular weight excluding hydrogens is 572 g/mol. The van der Waals surface area contributed by atoms with Crippen molar-refractivity contribution in [2.75, 3.05) is 27.0 Å². The highest BCUT2D eigenvalue weighted by molar-refractivity contribution is 5.90. The van der Waals surface area contributed by atoms with Crippen molar-refractivity contribution in [1.29, 1.82) is 0 Å². The molecule has 0 N–H and O–H groups in total. The Balaban J connectivity index is 1.53. The fraction of sp³-hybridized carbons (Fsp3) is 0.152. The second-order valence-corrected chi connectivity index (χ2v) is 8.56. The van der Waals surface area contributed by atoms with E-state index in [-0.39, 0.29) is 24.9 Å². The van der Waals surface area contributed by atoms with E-state index in [4.69, 9.17) is 33.2 Å². The smallest absolute Gasteiger partial charge is 0.338 e. The molecule has 3 rings (SSSR count). The van der Waals surface area contributed by atoms with E-state index in [1.165, 1.54) is 0 Å². The van der Waals surface area contributed by atoms with Crippen molar-refractivity contribution in [3.63, 3.8) is 0 Å². The van der Waals surface area contributed by atoms with Gasteiger partial charge in [-0.3, -0.25) is 0 Å². The number of benzene rings is 3. The van der Waals surface area contributed by atoms with Crippen LogP contribution in [0.1, 0.15) is 15.9 Å². The van der Waals surface area contributed by atoms with Crippen molar-refractivity contribution in [3.05, 3.63) is 116 Å². The van der Waals surface area contributed by atoms with Crippen LogP contribution in [-0.2, 0) is 39.8 Å². The topological polar surface area (TPSA) is 133 Å². The van der Waals surface area contributed by atoms with E-state index in [0.29, 0.717) is 17.7 Å². The van der Waals surface area contributed by atoms with Gasteiger partial charge >= 0.3 is 23.9 Å². The fourth-order valence-electron chi connectivity index (χ4n) is 3.46. The molecule has 44 heavy (non-hydrogen) atoms. The van der Waals surface area contributed by atoms with E-state index in [1.807, 2.05) is 12.1 Å². The van der Waals surface area contributed by atoms with Gasteiger partial charge in [-0.1, -0.05) is 50.1 Å². The van der Waals surface area contributed by atoms with Gasteiger partial charge in [0, 0.05) is 24.6 Å². The normalized spacial score (nSPS) is 10.0. The van der Waals surface area contributed by atoms with Gasteiger partial charge in [0.15, 0.2) is 11.5 Å². The first kappa shape index (κ1) is 32.7. The van der Waals surface area contributed by atoms with E-state index in [1.54, 1.807) is 54.6 Å². The maximum atomic E-state index is 12.6. The number of ether oxygens (including phenoxy) is 7. The molecule has 0 aliphatic heterocycles. The summed E-state index contributed by atoms with van der Waals surface area (Å²) in [5.41, 5.74) is 2.88. The number of esters is 4. The molecule has 0 bridgehead atoms. The largest absolute Gasteiger partial charge is 0.462 e. The Morgan fingerprint density at radius 3 is 1.61 bits per heavy atom. The number of rotatable bonds is 17. The molecule has 0 fully saturated rings. The van der Waals surface area contributed by atoms with Crippen molar-refractivity contribution >= 4 is 23.9 Å². The zero-order valence-corrected chi connectivity index (χ0v) is 23.7. The summed E-state index contributed by atoms with van der Waals surface area (Å²) in [5.74, 6) is -1.43. The maximum absolute atomic E-state index is 12.6. The number of hydrogen-bond acceptors (Lipinski definition) is 11. The van der Waals surface area contributed by atoms with Crippen LogP contribution in [0.5, 0.6) is 17.2 Å². The molecular formula is C33H30O11. The summed E-state index contributed by atoms with van der Waals surface area (Å²) in [6, 6.07) is 19.0. The van der Waals surface area contributed by atoms with Gasteiger partial charge in [0.2, 0.25) is 20.4 Å². The molecule has 11 heteroatoms. The Morgan fingerprint density at radius 1 is 0.568 bits per heavy atom. The molecule has 228 valence electrons. The first-order valence-electron chi connectivity index (χ1n) is 13.1. The summed E-state index contributed by atoms with van der Waals surface area (Å²) < 4.78 is 36.2. The quantitative estimate of drug-likeness (QED) is 0.0899. The van der Waals surface area contributed by atoms with Crippen molar-refractivity contribution < 1.29 is 52.3 Å². The second-order valence-electron chi connectivity index (χ2n) is 8.56. The van der Waals surface area contributed by atoms with Gasteiger partial charge in [0.25, 0.3) is 0 Å². The van der Waals surface area contributed by atoms with Crippen LogP contribution in [0.4, 0.5) is 0 Å². The predicted molar refractivity (Wildman–Crippen MR) is 158 cm³/mol. The minimum absolute atomic E-state index is 0.0756. The molecule has 11 nitrogen and oxygen atoms in total. The Morgan fingerprint density at radius 2 is 1.07 bits per heavy atom. The summed E-state index contributed by atoms with van der Waals surface area (Å²) in [5, 5.41) is 0. The van der Waals surface area contributed by atoms with Gasteiger partial charge in [-0.15, -0.1) is 0 Å². The van der Waals surface area contributed by atoms with Crippen LogP contribution in [0.3, 0.4) is 0 Å². The Kier molecular flexibility index (Phi) is 12.8. The van der Waals surface area contributed by atoms with Crippen LogP contribution in [0, 0.1) is 0 Å². The number of carbonyl (C=O) groups excluding carboxylic acids is 4. The monoisotopic (exact) mass is 602 g/mol. The van der Waals surface area contributed by atoms with Crippen molar-refractivity contribution in [2.45, 2.75) is 6.42 Å². The molecule has 0 spiro atoms. The molecule has 0 aliphatic carbocycles. The molecule has 0 heterocycles. The molecule has 3 aromatic carbocycles. The summed E-state index contributed by atoms with van der Waals surface area (Å²) in [6.45, 7) is 8.99. The van der Waals surface area contributed by atoms with Crippen molar-refractivity contribution in [2.24, 2.45) is 0 Å². The molecule has 0 atom stereocenters. The maximum Gasteiger partial charge on any atom is 0.338 e. The molecule has 0 unspecified atom stereocenters. The van der Waals surface area contributed by atoms with E-state index in [9.17, 15) is 19.2 Å². The van der Waals surface area contributed by atoms with Crippen LogP contribution in [0.15, 0.2) is 105 Å². The molecule has 0 amide bonds. The Hall–Kier alpha value is -5.84. The lowest BCUT2D eigenvalue weighted by Crippen LogP contribution is -2.11. The van der Waals surface area contributed by atoms with Gasteiger partial charge in [0.1, 0.15) is 5.75 Å². The standard InChI is InChI=1S/C33H30O11/c1-4-30(34)42-20-39-27-14-12-25(13-15-27)24-8-10-26(11-9-24)33(37)38-18-17-23-7-16-28(40-21-43-31(35)5-2)29(19-23)41-22-44-32(36)6-3/h4-16,19H,1-3,17-18,20-22H2. The average molecular weight is 603 g/mol. The van der Waals surface area contributed by atoms with Crippen LogP contribution in [-0.4, -0.2) is 50.9 Å². The number of hydrogen-bond donors (Lipinski definition) is 0. The first-order valence-corrected chi connectivity index (χ1v) is 13.1. The van der Waals surface area contributed by atoms with Crippen LogP contribution in [0.2, 0.25) is 0 Å². The lowest BCUT2D eigenvalue weighted by atomic mass is 10.0. The minimum atomic E-state index is -0.670. The summed E-state index contributed by atoms with van der Waals surface area (Å²) in [6.07, 6.45) is 3.40. The molecule has 3 aromatic rings. The van der Waals surface area contributed by atoms with E-state index in [0.717, 1.165) is 34.9 Å². The second kappa shape index (κ2) is 17.2. The average Bonchev–Trinajstić information content (AvgIpc) is 3.05. The fourth-order valence-corrected chi connectivity index (χ4v) is 3.46. The lowest BCUT2D eigenvalue weighted by molar-refractivity contribution is -0.146. The zero-order valence-electron chi connectivity index (χ0n) is 23.7. The first-order chi connectivity index (χ1) is 21.3. The molecule has 0 aromatic heterocycles. The van der Waals surface area contributed by atoms with Crippen LogP contribution >= 0.6 is 0 Å². The molecule has 0 saturated carbocycles. The van der Waals surface area contributed by atoms with Crippen LogP contribution in [0.25, 0.3) is 11.1 Å². The zero-order chi connectivity index (χ0) is 31.7. The van der Waals surface area contributed by atoms with E-state index < -0.39 is 37.5 Å². The summed E-state index contributed by atoms with van der Waals surface area (Å²) in [7, 11) is 0. The van der Waals surface area contributed by atoms with Crippen molar-refractivity contribution in [1.82, 2.24) is 0 Å². The predicted octanol–water partition coefficient (Wildman–Crippen LogP) is 4.95. The number of carbonyl (C=O) groups is 4. The minimum Gasteiger partial charge on any atom is -0.462 e.